The van der Waals surface area contributed by atoms with Gasteiger partial charge in [0.25, 0.3) is 0 Å². The molecule has 1 atom stereocenters. The van der Waals surface area contributed by atoms with Gasteiger partial charge >= 0.3 is 0 Å². The highest BCUT2D eigenvalue weighted by Gasteiger charge is 2.29. The van der Waals surface area contributed by atoms with Crippen LogP contribution in [0.25, 0.3) is 0 Å². The molecule has 0 aliphatic carbocycles. The summed E-state index contributed by atoms with van der Waals surface area (Å²) in [5.74, 6) is 0.552. The lowest BCUT2D eigenvalue weighted by atomic mass is 9.76. The molecule has 0 amide bonds. The highest BCUT2D eigenvalue weighted by molar-refractivity contribution is 5.22. The summed E-state index contributed by atoms with van der Waals surface area (Å²) in [6.45, 7) is 7.13. The van der Waals surface area contributed by atoms with Gasteiger partial charge in [-0.1, -0.05) is 43.7 Å². The molecule has 1 unspecified atom stereocenters. The molecule has 0 aromatic heterocycles. The number of rotatable bonds is 6. The zero-order chi connectivity index (χ0) is 12.9. The van der Waals surface area contributed by atoms with Crippen molar-refractivity contribution in [3.05, 3.63) is 35.4 Å². The SMILES string of the molecule is Cc1ccc(CC(CN)(CO)CC(C)C)cc1. The van der Waals surface area contributed by atoms with Crippen molar-refractivity contribution in [3.63, 3.8) is 0 Å². The molecule has 0 aliphatic heterocycles. The Morgan fingerprint density at radius 1 is 1.24 bits per heavy atom. The smallest absolute Gasteiger partial charge is 0.0502 e. The quantitative estimate of drug-likeness (QED) is 0.796. The molecule has 3 N–H and O–H groups in total. The van der Waals surface area contributed by atoms with Crippen LogP contribution in [0.15, 0.2) is 24.3 Å². The Morgan fingerprint density at radius 3 is 2.24 bits per heavy atom. The van der Waals surface area contributed by atoms with E-state index >= 15 is 0 Å². The molecule has 2 heteroatoms. The molecule has 1 aromatic carbocycles. The van der Waals surface area contributed by atoms with Gasteiger partial charge in [-0.2, -0.15) is 0 Å². The molecule has 1 aromatic rings. The molecule has 0 saturated heterocycles. The maximum absolute atomic E-state index is 9.66. The second-order valence-electron chi connectivity index (χ2n) is 5.62. The van der Waals surface area contributed by atoms with E-state index in [1.807, 2.05) is 0 Å². The monoisotopic (exact) mass is 235 g/mol. The number of hydrogen-bond acceptors (Lipinski definition) is 2. The molecule has 2 nitrogen and oxygen atoms in total. The standard InChI is InChI=1S/C15H25NO/c1-12(2)8-15(10-16,11-17)9-14-6-4-13(3)5-7-14/h4-7,12,17H,8-11,16H2,1-3H3. The first kappa shape index (κ1) is 14.2. The molecule has 0 bridgehead atoms. The predicted octanol–water partition coefficient (Wildman–Crippen LogP) is 2.52. The van der Waals surface area contributed by atoms with Crippen LogP contribution in [0.3, 0.4) is 0 Å². The third kappa shape index (κ3) is 4.14. The normalized spacial score (nSPS) is 14.9. The molecule has 0 aliphatic rings. The summed E-state index contributed by atoms with van der Waals surface area (Å²) >= 11 is 0. The fourth-order valence-electron chi connectivity index (χ4n) is 2.42. The first-order valence-corrected chi connectivity index (χ1v) is 6.38. The van der Waals surface area contributed by atoms with Crippen molar-refractivity contribution in [2.45, 2.75) is 33.6 Å². The molecule has 96 valence electrons. The summed E-state index contributed by atoms with van der Waals surface area (Å²) in [5.41, 5.74) is 8.24. The molecule has 0 spiro atoms. The number of benzene rings is 1. The van der Waals surface area contributed by atoms with E-state index in [-0.39, 0.29) is 12.0 Å². The molecular formula is C15H25NO. The van der Waals surface area contributed by atoms with Gasteiger partial charge in [-0.25, -0.2) is 0 Å². The highest BCUT2D eigenvalue weighted by Crippen LogP contribution is 2.29. The molecule has 0 saturated carbocycles. The fourth-order valence-corrected chi connectivity index (χ4v) is 2.42. The average molecular weight is 235 g/mol. The fraction of sp³-hybridized carbons (Fsp3) is 0.600. The second-order valence-corrected chi connectivity index (χ2v) is 5.62. The number of aliphatic hydroxyl groups excluding tert-OH is 1. The molecule has 0 radical (unpaired) electrons. The Morgan fingerprint density at radius 2 is 1.82 bits per heavy atom. The Kier molecular flexibility index (Phi) is 5.16. The van der Waals surface area contributed by atoms with Crippen molar-refractivity contribution < 1.29 is 5.11 Å². The van der Waals surface area contributed by atoms with E-state index in [0.717, 1.165) is 12.8 Å². The maximum atomic E-state index is 9.66. The minimum Gasteiger partial charge on any atom is -0.396 e. The lowest BCUT2D eigenvalue weighted by Gasteiger charge is -2.32. The van der Waals surface area contributed by atoms with E-state index in [1.54, 1.807) is 0 Å². The topological polar surface area (TPSA) is 46.2 Å². The van der Waals surface area contributed by atoms with E-state index < -0.39 is 0 Å². The van der Waals surface area contributed by atoms with E-state index in [0.29, 0.717) is 12.5 Å². The van der Waals surface area contributed by atoms with Gasteiger partial charge in [0, 0.05) is 12.0 Å². The van der Waals surface area contributed by atoms with Crippen molar-refractivity contribution >= 4 is 0 Å². The molecular weight excluding hydrogens is 210 g/mol. The van der Waals surface area contributed by atoms with Crippen molar-refractivity contribution in [2.75, 3.05) is 13.2 Å². The van der Waals surface area contributed by atoms with Gasteiger partial charge in [0.15, 0.2) is 0 Å². The van der Waals surface area contributed by atoms with Gasteiger partial charge in [-0.05, 0) is 31.2 Å². The first-order valence-electron chi connectivity index (χ1n) is 6.38. The summed E-state index contributed by atoms with van der Waals surface area (Å²) in [7, 11) is 0. The molecule has 17 heavy (non-hydrogen) atoms. The first-order chi connectivity index (χ1) is 8.01. The van der Waals surface area contributed by atoms with Crippen LogP contribution in [0.2, 0.25) is 0 Å². The minimum atomic E-state index is -0.163. The lowest BCUT2D eigenvalue weighted by molar-refractivity contribution is 0.108. The second kappa shape index (κ2) is 6.18. The summed E-state index contributed by atoms with van der Waals surface area (Å²) in [6.07, 6.45) is 1.83. The van der Waals surface area contributed by atoms with Crippen LogP contribution in [-0.2, 0) is 6.42 Å². The van der Waals surface area contributed by atoms with Crippen LogP contribution in [-0.4, -0.2) is 18.3 Å². The van der Waals surface area contributed by atoms with Gasteiger partial charge in [-0.3, -0.25) is 0 Å². The largest absolute Gasteiger partial charge is 0.396 e. The summed E-state index contributed by atoms with van der Waals surface area (Å²) < 4.78 is 0. The third-order valence-corrected chi connectivity index (χ3v) is 3.31. The van der Waals surface area contributed by atoms with Crippen LogP contribution in [0.4, 0.5) is 0 Å². The zero-order valence-corrected chi connectivity index (χ0v) is 11.2. The molecule has 0 fully saturated rings. The van der Waals surface area contributed by atoms with Crippen LogP contribution in [0.1, 0.15) is 31.4 Å². The van der Waals surface area contributed by atoms with Crippen molar-refractivity contribution in [2.24, 2.45) is 17.1 Å². The zero-order valence-electron chi connectivity index (χ0n) is 11.2. The Hall–Kier alpha value is -0.860. The van der Waals surface area contributed by atoms with E-state index in [1.165, 1.54) is 11.1 Å². The Balaban J connectivity index is 2.82. The number of aryl methyl sites for hydroxylation is 1. The van der Waals surface area contributed by atoms with Crippen LogP contribution in [0, 0.1) is 18.3 Å². The summed E-state index contributed by atoms with van der Waals surface area (Å²) in [4.78, 5) is 0. The van der Waals surface area contributed by atoms with Crippen molar-refractivity contribution in [1.29, 1.82) is 0 Å². The summed E-state index contributed by atoms with van der Waals surface area (Å²) in [5, 5.41) is 9.66. The molecule has 0 heterocycles. The lowest BCUT2D eigenvalue weighted by Crippen LogP contribution is -2.37. The third-order valence-electron chi connectivity index (χ3n) is 3.31. The van der Waals surface area contributed by atoms with Crippen LogP contribution >= 0.6 is 0 Å². The number of aliphatic hydroxyl groups is 1. The van der Waals surface area contributed by atoms with E-state index in [2.05, 4.69) is 45.0 Å². The Labute approximate surface area is 105 Å². The van der Waals surface area contributed by atoms with E-state index in [9.17, 15) is 5.11 Å². The van der Waals surface area contributed by atoms with Crippen molar-refractivity contribution in [3.8, 4) is 0 Å². The van der Waals surface area contributed by atoms with Crippen LogP contribution in [0.5, 0.6) is 0 Å². The predicted molar refractivity (Wildman–Crippen MR) is 72.9 cm³/mol. The Bertz CT molecular complexity index is 325. The van der Waals surface area contributed by atoms with Gasteiger partial charge in [-0.15, -0.1) is 0 Å². The highest BCUT2D eigenvalue weighted by atomic mass is 16.3. The van der Waals surface area contributed by atoms with Gasteiger partial charge in [0.1, 0.15) is 0 Å². The van der Waals surface area contributed by atoms with Gasteiger partial charge < -0.3 is 10.8 Å². The van der Waals surface area contributed by atoms with E-state index in [4.69, 9.17) is 5.73 Å². The number of nitrogens with two attached hydrogens (primary N) is 1. The van der Waals surface area contributed by atoms with Gasteiger partial charge in [0.2, 0.25) is 0 Å². The van der Waals surface area contributed by atoms with Crippen molar-refractivity contribution in [1.82, 2.24) is 0 Å². The van der Waals surface area contributed by atoms with Crippen LogP contribution < -0.4 is 5.73 Å². The number of hydrogen-bond donors (Lipinski definition) is 2. The molecule has 1 rings (SSSR count). The minimum absolute atomic E-state index is 0.162. The van der Waals surface area contributed by atoms with Gasteiger partial charge in [0.05, 0.1) is 6.61 Å². The average Bonchev–Trinajstić information content (AvgIpc) is 2.30. The summed E-state index contributed by atoms with van der Waals surface area (Å²) in [6, 6.07) is 8.50. The maximum Gasteiger partial charge on any atom is 0.0502 e.